The summed E-state index contributed by atoms with van der Waals surface area (Å²) in [5, 5.41) is 1.27. The van der Waals surface area contributed by atoms with Gasteiger partial charge in [0.25, 0.3) is 5.91 Å². The molecule has 0 aliphatic rings. The highest BCUT2D eigenvalue weighted by Crippen LogP contribution is 2.37. The first kappa shape index (κ1) is 28.1. The third-order valence-electron chi connectivity index (χ3n) is 5.46. The molecule has 0 aromatic heterocycles. The third-order valence-corrected chi connectivity index (χ3v) is 5.65. The number of hydrazine groups is 1. The number of esters is 1. The zero-order valence-corrected chi connectivity index (χ0v) is 22.2. The van der Waals surface area contributed by atoms with Crippen LogP contribution < -0.4 is 11.2 Å². The van der Waals surface area contributed by atoms with E-state index in [1.54, 1.807) is 20.8 Å². The largest absolute Gasteiger partial charge is 0.458 e. The van der Waals surface area contributed by atoms with Gasteiger partial charge in [0, 0.05) is 18.0 Å². The number of carbonyl (C=O) groups is 2. The van der Waals surface area contributed by atoms with E-state index in [9.17, 15) is 9.59 Å². The number of carbonyl (C=O) groups excluding carboxylic acids is 2. The molecule has 3 aromatic rings. The number of rotatable bonds is 10. The monoisotopic (exact) mass is 519 g/mol. The number of hydrogen-bond acceptors (Lipinski definition) is 5. The van der Waals surface area contributed by atoms with Gasteiger partial charge < -0.3 is 10.5 Å². The molecule has 0 fully saturated rings. The Morgan fingerprint density at radius 1 is 0.865 bits per heavy atom. The van der Waals surface area contributed by atoms with Crippen molar-refractivity contribution < 1.29 is 14.3 Å². The zero-order chi connectivity index (χ0) is 26.8. The molecule has 0 bridgehead atoms. The summed E-state index contributed by atoms with van der Waals surface area (Å²) in [5.74, 6) is -0.821. The van der Waals surface area contributed by atoms with Gasteiger partial charge in [0.2, 0.25) is 0 Å². The van der Waals surface area contributed by atoms with Crippen molar-refractivity contribution in [2.75, 3.05) is 19.0 Å². The Morgan fingerprint density at radius 2 is 1.32 bits per heavy atom. The first-order valence-electron chi connectivity index (χ1n) is 12.2. The van der Waals surface area contributed by atoms with E-state index in [0.29, 0.717) is 5.57 Å². The summed E-state index contributed by atoms with van der Waals surface area (Å²) in [6, 6.07) is 28.0. The smallest absolute Gasteiger partial charge is 0.335 e. The van der Waals surface area contributed by atoms with Crippen molar-refractivity contribution in [3.63, 3.8) is 0 Å². The highest BCUT2D eigenvalue weighted by Gasteiger charge is 2.38. The lowest BCUT2D eigenvalue weighted by Crippen LogP contribution is -2.56. The van der Waals surface area contributed by atoms with Gasteiger partial charge in [-0.2, -0.15) is 0 Å². The molecule has 37 heavy (non-hydrogen) atoms. The number of amides is 1. The lowest BCUT2D eigenvalue weighted by atomic mass is 9.85. The van der Waals surface area contributed by atoms with E-state index in [0.717, 1.165) is 22.3 Å². The summed E-state index contributed by atoms with van der Waals surface area (Å²) in [6.45, 7) is 5.34. The number of nitrogens with zero attached hydrogens (tertiary/aromatic N) is 1. The molecule has 3 N–H and O–H groups in total. The van der Waals surface area contributed by atoms with Gasteiger partial charge in [-0.25, -0.2) is 10.2 Å². The predicted octanol–water partition coefficient (Wildman–Crippen LogP) is 4.89. The van der Waals surface area contributed by atoms with E-state index in [4.69, 9.17) is 22.1 Å². The molecular weight excluding hydrogens is 486 g/mol. The fourth-order valence-corrected chi connectivity index (χ4v) is 4.12. The summed E-state index contributed by atoms with van der Waals surface area (Å²) in [4.78, 5) is 27.2. The van der Waals surface area contributed by atoms with Gasteiger partial charge in [0.15, 0.2) is 6.04 Å². The molecule has 0 unspecified atom stereocenters. The van der Waals surface area contributed by atoms with E-state index in [1.807, 2.05) is 91.0 Å². The Morgan fingerprint density at radius 3 is 1.73 bits per heavy atom. The zero-order valence-electron chi connectivity index (χ0n) is 21.5. The van der Waals surface area contributed by atoms with Crippen LogP contribution in [0.15, 0.2) is 91.0 Å². The highest BCUT2D eigenvalue weighted by atomic mass is 35.5. The van der Waals surface area contributed by atoms with Gasteiger partial charge in [-0.1, -0.05) is 91.0 Å². The van der Waals surface area contributed by atoms with Crippen LogP contribution in [-0.4, -0.2) is 47.5 Å². The molecule has 1 amide bonds. The number of nitrogens with one attached hydrogen (secondary N) is 1. The molecule has 0 saturated heterocycles. The van der Waals surface area contributed by atoms with Crippen molar-refractivity contribution in [1.29, 1.82) is 0 Å². The third kappa shape index (κ3) is 7.52. The van der Waals surface area contributed by atoms with Gasteiger partial charge >= 0.3 is 5.97 Å². The lowest BCUT2D eigenvalue weighted by Gasteiger charge is -2.35. The molecule has 0 spiro atoms. The molecular formula is C30H34ClN3O3. The van der Waals surface area contributed by atoms with Gasteiger partial charge in [-0.05, 0) is 43.0 Å². The average molecular weight is 520 g/mol. The maximum atomic E-state index is 14.0. The van der Waals surface area contributed by atoms with Crippen LogP contribution in [0.5, 0.6) is 0 Å². The normalized spacial score (nSPS) is 11.9. The summed E-state index contributed by atoms with van der Waals surface area (Å²) in [6.07, 6.45) is 0. The maximum Gasteiger partial charge on any atom is 0.335 e. The van der Waals surface area contributed by atoms with Crippen LogP contribution in [0.2, 0.25) is 0 Å². The minimum atomic E-state index is -1.16. The van der Waals surface area contributed by atoms with Crippen molar-refractivity contribution in [2.45, 2.75) is 32.4 Å². The van der Waals surface area contributed by atoms with E-state index in [2.05, 4.69) is 5.43 Å². The minimum Gasteiger partial charge on any atom is -0.458 e. The van der Waals surface area contributed by atoms with Crippen LogP contribution in [0, 0.1) is 0 Å². The molecule has 0 saturated carbocycles. The maximum absolute atomic E-state index is 14.0. The molecule has 0 radical (unpaired) electrons. The molecule has 0 aliphatic carbocycles. The van der Waals surface area contributed by atoms with Crippen molar-refractivity contribution in [1.82, 2.24) is 10.4 Å². The van der Waals surface area contributed by atoms with Crippen molar-refractivity contribution >= 4 is 34.6 Å². The summed E-state index contributed by atoms with van der Waals surface area (Å²) < 4.78 is 5.90. The van der Waals surface area contributed by atoms with Crippen molar-refractivity contribution in [3.05, 3.63) is 108 Å². The molecule has 6 nitrogen and oxygen atoms in total. The summed E-state index contributed by atoms with van der Waals surface area (Å²) >= 11 is 5.98. The van der Waals surface area contributed by atoms with Crippen LogP contribution >= 0.6 is 11.6 Å². The Balaban J connectivity index is 2.45. The minimum absolute atomic E-state index is 0.226. The number of ether oxygens (including phenoxy) is 1. The fourth-order valence-electron chi connectivity index (χ4n) is 4.04. The second-order valence-electron chi connectivity index (χ2n) is 9.39. The van der Waals surface area contributed by atoms with E-state index < -0.39 is 23.5 Å². The Hall–Kier alpha value is -3.45. The van der Waals surface area contributed by atoms with Crippen LogP contribution in [0.4, 0.5) is 0 Å². The fraction of sp³-hybridized carbons (Fsp3) is 0.267. The lowest BCUT2D eigenvalue weighted by molar-refractivity contribution is -0.163. The number of alkyl halides is 1. The van der Waals surface area contributed by atoms with Gasteiger partial charge in [-0.15, -0.1) is 11.6 Å². The van der Waals surface area contributed by atoms with Gasteiger partial charge in [0.1, 0.15) is 5.60 Å². The van der Waals surface area contributed by atoms with Crippen LogP contribution in [-0.2, 0) is 14.3 Å². The van der Waals surface area contributed by atoms with Crippen LogP contribution in [0.3, 0.4) is 0 Å². The molecule has 7 heteroatoms. The van der Waals surface area contributed by atoms with Gasteiger partial charge in [-0.3, -0.25) is 9.80 Å². The molecule has 0 heterocycles. The highest BCUT2D eigenvalue weighted by molar-refractivity contribution is 6.18. The summed E-state index contributed by atoms with van der Waals surface area (Å²) in [7, 11) is 0. The Bertz CT molecular complexity index is 1150. The van der Waals surface area contributed by atoms with E-state index in [1.165, 1.54) is 5.01 Å². The number of halogens is 1. The molecule has 0 aliphatic heterocycles. The standard InChI is InChI=1S/C30H34ClN3O3/c1-30(2,3)37-29(36)28(34(25(35)21-32)33-20-19-31)27(24-17-11-6-12-18-24)26(22-13-7-4-8-14-22)23-15-9-5-10-16-23/h4-18,28,33H,19-21,32H2,1-3H3/t28-/m1/s1. The Labute approximate surface area is 224 Å². The predicted molar refractivity (Wildman–Crippen MR) is 149 cm³/mol. The average Bonchev–Trinajstić information content (AvgIpc) is 2.90. The Kier molecular flexibility index (Phi) is 10.0. The van der Waals surface area contributed by atoms with E-state index >= 15 is 0 Å². The summed E-state index contributed by atoms with van der Waals surface area (Å²) in [5.41, 5.74) is 12.0. The number of nitrogens with two attached hydrogens (primary N) is 1. The van der Waals surface area contributed by atoms with Crippen molar-refractivity contribution in [2.24, 2.45) is 5.73 Å². The quantitative estimate of drug-likeness (QED) is 0.172. The first-order valence-corrected chi connectivity index (χ1v) is 12.7. The van der Waals surface area contributed by atoms with Crippen LogP contribution in [0.25, 0.3) is 11.1 Å². The SMILES string of the molecule is CC(C)(C)OC(=O)[C@@H](C(=C(c1ccccc1)c1ccccc1)c1ccccc1)N(NCCCl)C(=O)CN. The van der Waals surface area contributed by atoms with Gasteiger partial charge in [0.05, 0.1) is 6.54 Å². The molecule has 3 aromatic carbocycles. The molecule has 1 atom stereocenters. The first-order chi connectivity index (χ1) is 17.8. The number of benzene rings is 3. The van der Waals surface area contributed by atoms with Crippen molar-refractivity contribution in [3.8, 4) is 0 Å². The van der Waals surface area contributed by atoms with E-state index in [-0.39, 0.29) is 19.0 Å². The topological polar surface area (TPSA) is 84.7 Å². The second kappa shape index (κ2) is 13.2. The molecule has 3 rings (SSSR count). The second-order valence-corrected chi connectivity index (χ2v) is 9.77. The number of hydrogen-bond donors (Lipinski definition) is 2. The van der Waals surface area contributed by atoms with Crippen LogP contribution in [0.1, 0.15) is 37.5 Å². The molecule has 194 valence electrons.